The summed E-state index contributed by atoms with van der Waals surface area (Å²) < 4.78 is 14.6. The zero-order valence-corrected chi connectivity index (χ0v) is 11.6. The second-order valence-corrected chi connectivity index (χ2v) is 5.10. The van der Waals surface area contributed by atoms with Crippen molar-refractivity contribution in [2.24, 2.45) is 0 Å². The van der Waals surface area contributed by atoms with Gasteiger partial charge in [0.2, 0.25) is 5.91 Å². The molecule has 0 aliphatic carbocycles. The average molecular weight is 309 g/mol. The monoisotopic (exact) mass is 309 g/mol. The van der Waals surface area contributed by atoms with E-state index in [1.807, 2.05) is 0 Å². The number of nitrogens with one attached hydrogen (secondary N) is 1. The molecule has 1 aromatic carbocycles. The Morgan fingerprint density at radius 1 is 1.38 bits per heavy atom. The minimum absolute atomic E-state index is 0.0467. The van der Waals surface area contributed by atoms with Crippen LogP contribution in [0.25, 0.3) is 0 Å². The molecular formula is C13H12FN3O3S. The normalized spacial score (nSPS) is 10.3. The second-order valence-electron chi connectivity index (χ2n) is 4.09. The molecule has 0 atom stereocenters. The highest BCUT2D eigenvalue weighted by molar-refractivity contribution is 8.00. The molecular weight excluding hydrogens is 297 g/mol. The number of thioether (sulfide) groups is 1. The smallest absolute Gasteiger partial charge is 0.325 e. The number of hydrogen-bond donors (Lipinski definition) is 2. The van der Waals surface area contributed by atoms with E-state index in [4.69, 9.17) is 5.11 Å². The van der Waals surface area contributed by atoms with Crippen molar-refractivity contribution < 1.29 is 19.1 Å². The van der Waals surface area contributed by atoms with E-state index < -0.39 is 5.97 Å². The van der Waals surface area contributed by atoms with Gasteiger partial charge < -0.3 is 10.4 Å². The summed E-state index contributed by atoms with van der Waals surface area (Å²) in [5.41, 5.74) is 0.399. The van der Waals surface area contributed by atoms with Gasteiger partial charge in [-0.3, -0.25) is 14.3 Å². The zero-order valence-electron chi connectivity index (χ0n) is 10.8. The average Bonchev–Trinajstić information content (AvgIpc) is 2.84. The summed E-state index contributed by atoms with van der Waals surface area (Å²) in [6, 6.07) is 6.20. The van der Waals surface area contributed by atoms with Crippen LogP contribution in [-0.4, -0.2) is 32.5 Å². The molecule has 1 heterocycles. The molecule has 110 valence electrons. The summed E-state index contributed by atoms with van der Waals surface area (Å²) in [5.74, 6) is -1.67. The molecule has 0 fully saturated rings. The van der Waals surface area contributed by atoms with Gasteiger partial charge in [0.15, 0.2) is 0 Å². The Balaban J connectivity index is 1.86. The largest absolute Gasteiger partial charge is 0.480 e. The van der Waals surface area contributed by atoms with E-state index in [-0.39, 0.29) is 24.0 Å². The van der Waals surface area contributed by atoms with Gasteiger partial charge >= 0.3 is 5.97 Å². The predicted molar refractivity (Wildman–Crippen MR) is 75.6 cm³/mol. The van der Waals surface area contributed by atoms with Crippen LogP contribution >= 0.6 is 11.8 Å². The topological polar surface area (TPSA) is 84.2 Å². The maximum absolute atomic E-state index is 13.4. The summed E-state index contributed by atoms with van der Waals surface area (Å²) in [6.07, 6.45) is 2.77. The third-order valence-corrected chi connectivity index (χ3v) is 3.46. The van der Waals surface area contributed by atoms with Gasteiger partial charge in [0.25, 0.3) is 0 Å². The number of halogens is 1. The summed E-state index contributed by atoms with van der Waals surface area (Å²) in [4.78, 5) is 22.6. The first-order chi connectivity index (χ1) is 10.0. The molecule has 0 aliphatic rings. The second kappa shape index (κ2) is 6.89. The van der Waals surface area contributed by atoms with E-state index >= 15 is 0 Å². The number of rotatable bonds is 6. The number of benzene rings is 1. The van der Waals surface area contributed by atoms with Gasteiger partial charge in [-0.2, -0.15) is 5.10 Å². The molecule has 0 radical (unpaired) electrons. The van der Waals surface area contributed by atoms with Crippen molar-refractivity contribution in [3.8, 4) is 0 Å². The van der Waals surface area contributed by atoms with Crippen molar-refractivity contribution in [1.82, 2.24) is 9.78 Å². The molecule has 0 saturated heterocycles. The molecule has 21 heavy (non-hydrogen) atoms. The number of amides is 1. The molecule has 0 unspecified atom stereocenters. The van der Waals surface area contributed by atoms with E-state index in [1.165, 1.54) is 23.1 Å². The van der Waals surface area contributed by atoms with E-state index in [1.54, 1.807) is 18.2 Å². The number of hydrogen-bond acceptors (Lipinski definition) is 4. The van der Waals surface area contributed by atoms with Crippen LogP contribution in [0.15, 0.2) is 41.6 Å². The molecule has 0 aliphatic heterocycles. The zero-order chi connectivity index (χ0) is 15.2. The molecule has 0 saturated carbocycles. The third-order valence-electron chi connectivity index (χ3n) is 2.41. The van der Waals surface area contributed by atoms with Crippen LogP contribution in [0, 0.1) is 5.82 Å². The molecule has 8 heteroatoms. The van der Waals surface area contributed by atoms with Crippen LogP contribution < -0.4 is 5.32 Å². The Hall–Kier alpha value is -2.35. The van der Waals surface area contributed by atoms with Crippen LogP contribution in [0.5, 0.6) is 0 Å². The first-order valence-corrected chi connectivity index (χ1v) is 6.94. The summed E-state index contributed by atoms with van der Waals surface area (Å²) >= 11 is 1.08. The van der Waals surface area contributed by atoms with Crippen LogP contribution in [-0.2, 0) is 16.1 Å². The number of carbonyl (C=O) groups is 2. The predicted octanol–water partition coefficient (Wildman–Crippen LogP) is 1.84. The van der Waals surface area contributed by atoms with E-state index in [9.17, 15) is 14.0 Å². The van der Waals surface area contributed by atoms with Crippen molar-refractivity contribution in [3.63, 3.8) is 0 Å². The number of anilines is 1. The van der Waals surface area contributed by atoms with Gasteiger partial charge in [0.05, 0.1) is 17.6 Å². The Morgan fingerprint density at radius 2 is 2.14 bits per heavy atom. The quantitative estimate of drug-likeness (QED) is 0.795. The first kappa shape index (κ1) is 15.0. The fraction of sp³-hybridized carbons (Fsp3) is 0.154. The Labute approximate surface area is 124 Å². The maximum Gasteiger partial charge on any atom is 0.325 e. The standard InChI is InChI=1S/C13H12FN3O3S/c14-10-3-1-2-4-11(10)21-8-12(18)16-9-5-15-17(6-9)7-13(19)20/h1-6H,7-8H2,(H,16,18)(H,19,20). The highest BCUT2D eigenvalue weighted by atomic mass is 32.2. The summed E-state index contributed by atoms with van der Waals surface area (Å²) in [6.45, 7) is -0.278. The Kier molecular flexibility index (Phi) is 4.94. The number of nitrogens with zero attached hydrogens (tertiary/aromatic N) is 2. The Bertz CT molecular complexity index is 660. The van der Waals surface area contributed by atoms with Gasteiger partial charge in [0, 0.05) is 11.1 Å². The SMILES string of the molecule is O=C(O)Cn1cc(NC(=O)CSc2ccccc2F)cn1. The lowest BCUT2D eigenvalue weighted by atomic mass is 10.3. The molecule has 0 spiro atoms. The van der Waals surface area contributed by atoms with Crippen LogP contribution in [0.4, 0.5) is 10.1 Å². The Morgan fingerprint density at radius 3 is 2.86 bits per heavy atom. The summed E-state index contributed by atoms with van der Waals surface area (Å²) in [5, 5.41) is 15.0. The lowest BCUT2D eigenvalue weighted by Crippen LogP contribution is -2.14. The fourth-order valence-corrected chi connectivity index (χ4v) is 2.29. The number of carboxylic acids is 1. The van der Waals surface area contributed by atoms with Crippen molar-refractivity contribution in [2.75, 3.05) is 11.1 Å². The van der Waals surface area contributed by atoms with Crippen molar-refractivity contribution in [2.45, 2.75) is 11.4 Å². The van der Waals surface area contributed by atoms with Gasteiger partial charge in [-0.1, -0.05) is 12.1 Å². The van der Waals surface area contributed by atoms with Gasteiger partial charge in [-0.25, -0.2) is 4.39 Å². The van der Waals surface area contributed by atoms with Gasteiger partial charge in [-0.15, -0.1) is 11.8 Å². The fourth-order valence-electron chi connectivity index (χ4n) is 1.56. The lowest BCUT2D eigenvalue weighted by Gasteiger charge is -2.03. The molecule has 1 aromatic heterocycles. The summed E-state index contributed by atoms with van der Waals surface area (Å²) in [7, 11) is 0. The number of carboxylic acid groups (broad SMARTS) is 1. The molecule has 1 amide bonds. The van der Waals surface area contributed by atoms with Crippen LogP contribution in [0.2, 0.25) is 0 Å². The van der Waals surface area contributed by atoms with Crippen LogP contribution in [0.3, 0.4) is 0 Å². The lowest BCUT2D eigenvalue weighted by molar-refractivity contribution is -0.137. The van der Waals surface area contributed by atoms with E-state index in [0.29, 0.717) is 10.6 Å². The third kappa shape index (κ3) is 4.60. The molecule has 0 bridgehead atoms. The van der Waals surface area contributed by atoms with Gasteiger partial charge in [-0.05, 0) is 12.1 Å². The highest BCUT2D eigenvalue weighted by Crippen LogP contribution is 2.21. The van der Waals surface area contributed by atoms with Crippen molar-refractivity contribution >= 4 is 29.3 Å². The van der Waals surface area contributed by atoms with Crippen molar-refractivity contribution in [1.29, 1.82) is 0 Å². The highest BCUT2D eigenvalue weighted by Gasteiger charge is 2.08. The molecule has 6 nitrogen and oxygen atoms in total. The maximum atomic E-state index is 13.4. The van der Waals surface area contributed by atoms with Crippen molar-refractivity contribution in [3.05, 3.63) is 42.5 Å². The van der Waals surface area contributed by atoms with Crippen LogP contribution in [0.1, 0.15) is 0 Å². The van der Waals surface area contributed by atoms with E-state index in [2.05, 4.69) is 10.4 Å². The minimum atomic E-state index is -1.02. The number of aromatic nitrogens is 2. The number of carbonyl (C=O) groups excluding carboxylic acids is 1. The minimum Gasteiger partial charge on any atom is -0.480 e. The van der Waals surface area contributed by atoms with E-state index in [0.717, 1.165) is 11.8 Å². The van der Waals surface area contributed by atoms with Gasteiger partial charge in [0.1, 0.15) is 12.4 Å². The molecule has 2 aromatic rings. The first-order valence-electron chi connectivity index (χ1n) is 5.96. The number of aliphatic carboxylic acids is 1. The molecule has 2 N–H and O–H groups in total. The molecule has 2 rings (SSSR count).